The van der Waals surface area contributed by atoms with Crippen LogP contribution < -0.4 is 11.2 Å². The molecule has 0 amide bonds. The van der Waals surface area contributed by atoms with Crippen molar-refractivity contribution in [2.45, 2.75) is 24.5 Å². The van der Waals surface area contributed by atoms with Crippen molar-refractivity contribution in [3.8, 4) is 0 Å². The first-order valence-electron chi connectivity index (χ1n) is 8.26. The van der Waals surface area contributed by atoms with E-state index < -0.39 is 31.1 Å². The van der Waals surface area contributed by atoms with E-state index in [2.05, 4.69) is 35.4 Å². The minimum atomic E-state index is -1.28. The van der Waals surface area contributed by atoms with Gasteiger partial charge >= 0.3 is 0 Å². The fourth-order valence-electron chi connectivity index (χ4n) is 2.82. The third-order valence-electron chi connectivity index (χ3n) is 4.18. The monoisotopic (exact) mass is 387 g/mol. The van der Waals surface area contributed by atoms with Gasteiger partial charge in [-0.05, 0) is 0 Å². The molecule has 1 aliphatic heterocycles. The van der Waals surface area contributed by atoms with Gasteiger partial charge in [-0.3, -0.25) is 14.5 Å². The molecule has 146 valence electrons. The molecule has 4 atom stereocenters. The number of aromatic nitrogens is 6. The number of hydrazone groups is 1. The highest BCUT2D eigenvalue weighted by atomic mass is 16.6. The van der Waals surface area contributed by atoms with Crippen LogP contribution in [0.4, 0.5) is 11.8 Å². The number of hydrogen-bond donors (Lipinski definition) is 5. The van der Waals surface area contributed by atoms with Gasteiger partial charge in [0.15, 0.2) is 17.7 Å². The summed E-state index contributed by atoms with van der Waals surface area (Å²) >= 11 is 0. The highest BCUT2D eigenvalue weighted by molar-refractivity contribution is 5.83. The molecule has 0 aliphatic carbocycles. The Bertz CT molecular complexity index is 996. The molecule has 0 saturated carbocycles. The van der Waals surface area contributed by atoms with E-state index in [0.29, 0.717) is 11.2 Å². The second kappa shape index (κ2) is 7.40. The lowest BCUT2D eigenvalue weighted by Crippen LogP contribution is -2.33. The highest BCUT2D eigenvalue weighted by Gasteiger charge is 2.44. The summed E-state index contributed by atoms with van der Waals surface area (Å²) in [5.74, 6) is 0.173. The number of imidazole rings is 1. The van der Waals surface area contributed by atoms with Crippen molar-refractivity contribution in [1.82, 2.24) is 29.5 Å². The van der Waals surface area contributed by atoms with Gasteiger partial charge < -0.3 is 25.8 Å². The molecule has 13 heteroatoms. The zero-order chi connectivity index (χ0) is 19.7. The minimum absolute atomic E-state index is 0.0821. The van der Waals surface area contributed by atoms with E-state index in [0.717, 1.165) is 0 Å². The lowest BCUT2D eigenvalue weighted by molar-refractivity contribution is -0.0511. The first-order chi connectivity index (χ1) is 13.6. The summed E-state index contributed by atoms with van der Waals surface area (Å²) in [6.07, 6.45) is 2.94. The average molecular weight is 387 g/mol. The number of nitrogens with zero attached hydrogens (tertiary/aromatic N) is 7. The van der Waals surface area contributed by atoms with Crippen molar-refractivity contribution < 1.29 is 20.1 Å². The number of rotatable bonds is 5. The molecule has 1 fully saturated rings. The second-order valence-corrected chi connectivity index (χ2v) is 5.99. The van der Waals surface area contributed by atoms with Crippen LogP contribution >= 0.6 is 0 Å². The number of nitrogens with two attached hydrogens (primary N) is 1. The fourth-order valence-corrected chi connectivity index (χ4v) is 2.82. The summed E-state index contributed by atoms with van der Waals surface area (Å²) in [5.41, 5.74) is 9.66. The molecule has 6 N–H and O–H groups in total. The molecule has 0 aromatic carbocycles. The normalized spacial score (nSPS) is 25.0. The number of fused-ring (bicyclic) bond motifs is 1. The van der Waals surface area contributed by atoms with E-state index in [1.165, 1.54) is 29.5 Å². The van der Waals surface area contributed by atoms with Crippen LogP contribution in [0.3, 0.4) is 0 Å². The molecular weight excluding hydrogens is 370 g/mol. The van der Waals surface area contributed by atoms with Crippen LogP contribution in [0.2, 0.25) is 0 Å². The van der Waals surface area contributed by atoms with Gasteiger partial charge in [-0.25, -0.2) is 10.4 Å². The van der Waals surface area contributed by atoms with Crippen LogP contribution in [-0.4, -0.2) is 75.9 Å². The van der Waals surface area contributed by atoms with E-state index in [-0.39, 0.29) is 17.4 Å². The molecule has 1 aliphatic rings. The number of aliphatic hydroxyl groups excluding tert-OH is 3. The predicted molar refractivity (Wildman–Crippen MR) is 96.0 cm³/mol. The SMILES string of the molecule is Nc1nc(N/N=C/c2cnccn2)nc2c1ncn2[C@@H]1O[C@H](CO)[C@@H](O)[C@H]1O. The van der Waals surface area contributed by atoms with Crippen molar-refractivity contribution in [2.75, 3.05) is 17.8 Å². The van der Waals surface area contributed by atoms with Crippen molar-refractivity contribution in [3.63, 3.8) is 0 Å². The molecule has 3 aromatic heterocycles. The molecule has 13 nitrogen and oxygen atoms in total. The Hall–Kier alpha value is -3.26. The first kappa shape index (κ1) is 18.1. The Labute approximate surface area is 157 Å². The molecule has 0 spiro atoms. The van der Waals surface area contributed by atoms with Crippen LogP contribution in [0.25, 0.3) is 11.2 Å². The Kier molecular flexibility index (Phi) is 4.79. The zero-order valence-electron chi connectivity index (χ0n) is 14.4. The molecule has 4 heterocycles. The van der Waals surface area contributed by atoms with Gasteiger partial charge in [-0.15, -0.1) is 0 Å². The van der Waals surface area contributed by atoms with Crippen molar-refractivity contribution >= 4 is 29.1 Å². The van der Waals surface area contributed by atoms with Crippen LogP contribution in [0.1, 0.15) is 11.9 Å². The number of ether oxygens (including phenoxy) is 1. The van der Waals surface area contributed by atoms with Gasteiger partial charge in [0.1, 0.15) is 29.5 Å². The molecule has 0 radical (unpaired) electrons. The van der Waals surface area contributed by atoms with Crippen molar-refractivity contribution in [3.05, 3.63) is 30.6 Å². The molecule has 1 saturated heterocycles. The summed E-state index contributed by atoms with van der Waals surface area (Å²) in [6, 6.07) is 0. The van der Waals surface area contributed by atoms with Crippen LogP contribution in [-0.2, 0) is 4.74 Å². The summed E-state index contributed by atoms with van der Waals surface area (Å²) in [5, 5.41) is 33.4. The Morgan fingerprint density at radius 1 is 1.25 bits per heavy atom. The summed E-state index contributed by atoms with van der Waals surface area (Å²) in [6.45, 7) is -0.442. The highest BCUT2D eigenvalue weighted by Crippen LogP contribution is 2.32. The maximum absolute atomic E-state index is 10.2. The van der Waals surface area contributed by atoms with Crippen molar-refractivity contribution in [1.29, 1.82) is 0 Å². The third kappa shape index (κ3) is 3.22. The third-order valence-corrected chi connectivity index (χ3v) is 4.18. The second-order valence-electron chi connectivity index (χ2n) is 5.99. The van der Waals surface area contributed by atoms with Gasteiger partial charge in [0.2, 0.25) is 5.95 Å². The summed E-state index contributed by atoms with van der Waals surface area (Å²) < 4.78 is 6.92. The number of nitrogens with one attached hydrogen (secondary N) is 1. The summed E-state index contributed by atoms with van der Waals surface area (Å²) in [4.78, 5) is 20.5. The Balaban J connectivity index is 1.63. The topological polar surface area (TPSA) is 190 Å². The molecule has 28 heavy (non-hydrogen) atoms. The predicted octanol–water partition coefficient (Wildman–Crippen LogP) is -1.74. The molecule has 0 unspecified atom stereocenters. The molecule has 4 rings (SSSR count). The van der Waals surface area contributed by atoms with E-state index in [1.54, 1.807) is 6.20 Å². The van der Waals surface area contributed by atoms with E-state index in [1.807, 2.05) is 0 Å². The Morgan fingerprint density at radius 3 is 2.82 bits per heavy atom. The van der Waals surface area contributed by atoms with Gasteiger partial charge in [0.25, 0.3) is 0 Å². The lowest BCUT2D eigenvalue weighted by atomic mass is 10.1. The maximum Gasteiger partial charge on any atom is 0.247 e. The van der Waals surface area contributed by atoms with E-state index in [4.69, 9.17) is 10.5 Å². The Morgan fingerprint density at radius 2 is 2.11 bits per heavy atom. The smallest absolute Gasteiger partial charge is 0.247 e. The van der Waals surface area contributed by atoms with E-state index >= 15 is 0 Å². The molecule has 3 aromatic rings. The minimum Gasteiger partial charge on any atom is -0.394 e. The molecular formula is C15H17N9O4. The standard InChI is InChI=1S/C15H17N9O4/c16-12-9-13(22-15(21-12)23-20-4-7-3-17-1-2-18-7)24(6-19-9)14-11(27)10(26)8(5-25)28-14/h1-4,6,8,10-11,14,25-27H,5H2,(H3,16,21,22,23)/b20-4+/t8-,10-,11-,14-/m1/s1. The average Bonchev–Trinajstić information content (AvgIpc) is 3.24. The van der Waals surface area contributed by atoms with Crippen molar-refractivity contribution in [2.24, 2.45) is 5.10 Å². The number of hydrogen-bond acceptors (Lipinski definition) is 12. The van der Waals surface area contributed by atoms with Gasteiger partial charge in [0.05, 0.1) is 25.3 Å². The fraction of sp³-hybridized carbons (Fsp3) is 0.333. The summed E-state index contributed by atoms with van der Waals surface area (Å²) in [7, 11) is 0. The van der Waals surface area contributed by atoms with Crippen LogP contribution in [0, 0.1) is 0 Å². The van der Waals surface area contributed by atoms with Gasteiger partial charge in [-0.1, -0.05) is 0 Å². The van der Waals surface area contributed by atoms with Gasteiger partial charge in [-0.2, -0.15) is 15.1 Å². The quantitative estimate of drug-likeness (QED) is 0.247. The van der Waals surface area contributed by atoms with E-state index in [9.17, 15) is 15.3 Å². The largest absolute Gasteiger partial charge is 0.394 e. The molecule has 0 bridgehead atoms. The number of nitrogen functional groups attached to an aromatic ring is 1. The first-order valence-corrected chi connectivity index (χ1v) is 8.26. The number of aliphatic hydroxyl groups is 3. The lowest BCUT2D eigenvalue weighted by Gasteiger charge is -2.16. The zero-order valence-corrected chi connectivity index (χ0v) is 14.4. The number of anilines is 2. The van der Waals surface area contributed by atoms with Gasteiger partial charge in [0, 0.05) is 12.4 Å². The van der Waals surface area contributed by atoms with Crippen LogP contribution in [0.5, 0.6) is 0 Å². The maximum atomic E-state index is 10.2. The van der Waals surface area contributed by atoms with Crippen LogP contribution in [0.15, 0.2) is 30.0 Å².